The van der Waals surface area contributed by atoms with Crippen molar-refractivity contribution >= 4 is 71.9 Å². The molecule has 0 saturated heterocycles. The zero-order valence-corrected chi connectivity index (χ0v) is 29.1. The van der Waals surface area contributed by atoms with Crippen molar-refractivity contribution in [3.8, 4) is 0 Å². The molecule has 0 N–H and O–H groups in total. The summed E-state index contributed by atoms with van der Waals surface area (Å²) in [6, 6.07) is 70.9. The molecule has 4 nitrogen and oxygen atoms in total. The van der Waals surface area contributed by atoms with Gasteiger partial charge in [0.1, 0.15) is 0 Å². The molecule has 7 aromatic carbocycles. The van der Waals surface area contributed by atoms with Crippen LogP contribution < -0.4 is 29.3 Å². The molecule has 49 heavy (non-hydrogen) atoms. The summed E-state index contributed by atoms with van der Waals surface area (Å²) in [5.41, 5.74) is 9.75. The Hall–Kier alpha value is -5.40. The Bertz CT molecular complexity index is 2100. The van der Waals surface area contributed by atoms with Crippen LogP contribution in [0.4, 0.5) is 45.5 Å². The minimum atomic E-state index is -2.73. The fraction of sp³-hybridized carbons (Fsp3) is 0.0233. The average Bonchev–Trinajstić information content (AvgIpc) is 3.66. The van der Waals surface area contributed by atoms with Crippen molar-refractivity contribution in [3.63, 3.8) is 0 Å². The molecular weight excluding hydrogens is 634 g/mol. The van der Waals surface area contributed by atoms with Crippen molar-refractivity contribution in [1.82, 2.24) is 0 Å². The predicted octanol–water partition coefficient (Wildman–Crippen LogP) is 11.4. The Kier molecular flexibility index (Phi) is 7.42. The summed E-state index contributed by atoms with van der Waals surface area (Å²) in [6.07, 6.45) is 0. The number of hydrogen-bond donors (Lipinski definition) is 0. The first-order valence-electron chi connectivity index (χ1n) is 16.7. The second-order valence-corrected chi connectivity index (χ2v) is 17.9. The topological polar surface area (TPSA) is 13.0 Å². The maximum absolute atomic E-state index is 2.73. The normalized spacial score (nSPS) is 15.6. The number of nitrogens with zero attached hydrogens (tertiary/aromatic N) is 4. The van der Waals surface area contributed by atoms with Crippen LogP contribution in [-0.4, -0.2) is 6.66 Å². The van der Waals surface area contributed by atoms with E-state index in [4.69, 9.17) is 0 Å². The van der Waals surface area contributed by atoms with Crippen LogP contribution in [0.3, 0.4) is 0 Å². The van der Waals surface area contributed by atoms with E-state index in [0.717, 1.165) is 0 Å². The van der Waals surface area contributed by atoms with E-state index in [1.807, 2.05) is 0 Å². The molecule has 0 spiro atoms. The van der Waals surface area contributed by atoms with Crippen molar-refractivity contribution in [2.24, 2.45) is 0 Å². The van der Waals surface area contributed by atoms with Gasteiger partial charge in [-0.05, 0) is 0 Å². The van der Waals surface area contributed by atoms with Gasteiger partial charge >= 0.3 is 291 Å². The number of para-hydroxylation sites is 8. The van der Waals surface area contributed by atoms with E-state index >= 15 is 0 Å². The van der Waals surface area contributed by atoms with E-state index in [9.17, 15) is 0 Å². The molecule has 0 atom stereocenters. The third-order valence-electron chi connectivity index (χ3n) is 9.61. The van der Waals surface area contributed by atoms with Gasteiger partial charge in [0.05, 0.1) is 0 Å². The van der Waals surface area contributed by atoms with Gasteiger partial charge < -0.3 is 0 Å². The van der Waals surface area contributed by atoms with Crippen LogP contribution in [-0.2, 0) is 0 Å². The van der Waals surface area contributed by atoms with Gasteiger partial charge in [0.15, 0.2) is 0 Å². The Balaban J connectivity index is 1.28. The van der Waals surface area contributed by atoms with Crippen molar-refractivity contribution in [2.45, 2.75) is 0 Å². The molecule has 0 unspecified atom stereocenters. The SMILES string of the molecule is C[PH]1(c2cccc(P3N(c4ccccc4)c4ccccc4N3c3ccccc3)c2)N(c2ccccc2)c2ccccc2N1c1ccccc1. The Morgan fingerprint density at radius 2 is 0.735 bits per heavy atom. The van der Waals surface area contributed by atoms with Crippen LogP contribution in [0.15, 0.2) is 194 Å². The summed E-state index contributed by atoms with van der Waals surface area (Å²) in [6.45, 7) is 2.51. The van der Waals surface area contributed by atoms with E-state index in [1.165, 1.54) is 56.1 Å². The number of fused-ring (bicyclic) bond motifs is 2. The van der Waals surface area contributed by atoms with Crippen molar-refractivity contribution in [1.29, 1.82) is 0 Å². The van der Waals surface area contributed by atoms with Crippen LogP contribution in [0.5, 0.6) is 0 Å². The second kappa shape index (κ2) is 12.2. The number of rotatable bonds is 6. The Labute approximate surface area is 290 Å². The van der Waals surface area contributed by atoms with Crippen LogP contribution in [0.25, 0.3) is 0 Å². The van der Waals surface area contributed by atoms with E-state index < -0.39 is 15.8 Å². The van der Waals surface area contributed by atoms with Crippen LogP contribution in [0.1, 0.15) is 0 Å². The standard InChI is InChI=1S/C43H36N4P2/c1-49(46(36-23-10-4-11-24-36)42-31-16-17-32-43(42)47(49)37-25-12-5-13-26-37)39-28-18-27-38(33-39)48-44(34-19-6-2-7-20-34)40-29-14-15-30-41(40)45(48)35-21-8-3-9-22-35/h2-33,49H,1H3. The molecular formula is C43H36N4P2. The quantitative estimate of drug-likeness (QED) is 0.163. The molecule has 6 heteroatoms. The summed E-state index contributed by atoms with van der Waals surface area (Å²) in [5, 5.41) is 2.66. The van der Waals surface area contributed by atoms with Crippen molar-refractivity contribution < 1.29 is 0 Å². The van der Waals surface area contributed by atoms with Crippen molar-refractivity contribution in [2.75, 3.05) is 25.3 Å². The van der Waals surface area contributed by atoms with E-state index in [-0.39, 0.29) is 0 Å². The molecule has 7 aromatic rings. The van der Waals surface area contributed by atoms with E-state index in [2.05, 4.69) is 219 Å². The van der Waals surface area contributed by atoms with E-state index in [1.54, 1.807) is 0 Å². The first-order valence-corrected chi connectivity index (χ1v) is 20.4. The van der Waals surface area contributed by atoms with Crippen molar-refractivity contribution in [3.05, 3.63) is 194 Å². The number of anilines is 8. The van der Waals surface area contributed by atoms with Gasteiger partial charge in [-0.1, -0.05) is 0 Å². The molecule has 9 rings (SSSR count). The number of benzene rings is 7. The fourth-order valence-corrected chi connectivity index (χ4v) is 14.4. The molecule has 238 valence electrons. The Morgan fingerprint density at radius 1 is 0.367 bits per heavy atom. The van der Waals surface area contributed by atoms with Gasteiger partial charge in [-0.25, -0.2) is 0 Å². The molecule has 0 fully saturated rings. The predicted molar refractivity (Wildman–Crippen MR) is 214 cm³/mol. The first kappa shape index (κ1) is 29.7. The molecule has 0 aliphatic carbocycles. The summed E-state index contributed by atoms with van der Waals surface area (Å²) in [4.78, 5) is 0. The first-order chi connectivity index (χ1) is 24.2. The van der Waals surface area contributed by atoms with Gasteiger partial charge in [0, 0.05) is 0 Å². The van der Waals surface area contributed by atoms with Gasteiger partial charge in [0.2, 0.25) is 0 Å². The molecule has 2 heterocycles. The second-order valence-electron chi connectivity index (χ2n) is 12.5. The van der Waals surface area contributed by atoms with Gasteiger partial charge in [-0.2, -0.15) is 0 Å². The monoisotopic (exact) mass is 670 g/mol. The molecule has 0 radical (unpaired) electrons. The zero-order chi connectivity index (χ0) is 32.8. The molecule has 0 saturated carbocycles. The summed E-state index contributed by atoms with van der Waals surface area (Å²) < 4.78 is 10.4. The maximum atomic E-state index is 2.65. The summed E-state index contributed by atoms with van der Waals surface area (Å²) >= 11 is 0. The fourth-order valence-electron chi connectivity index (χ4n) is 7.51. The number of hydrogen-bond acceptors (Lipinski definition) is 4. The van der Waals surface area contributed by atoms with Gasteiger partial charge in [-0.3, -0.25) is 0 Å². The van der Waals surface area contributed by atoms with Crippen LogP contribution in [0, 0.1) is 0 Å². The molecule has 2 aliphatic rings. The zero-order valence-electron chi connectivity index (χ0n) is 27.2. The van der Waals surface area contributed by atoms with Crippen LogP contribution >= 0.6 is 15.8 Å². The minimum absolute atomic E-state index is 1.04. The molecule has 2 aliphatic heterocycles. The van der Waals surface area contributed by atoms with E-state index in [0.29, 0.717) is 0 Å². The summed E-state index contributed by atoms with van der Waals surface area (Å²) in [5.74, 6) is 0. The molecule has 0 aromatic heterocycles. The summed E-state index contributed by atoms with van der Waals surface area (Å²) in [7, 11) is -3.78. The third kappa shape index (κ3) is 4.83. The molecule has 0 amide bonds. The Morgan fingerprint density at radius 3 is 1.16 bits per heavy atom. The average molecular weight is 671 g/mol. The third-order valence-corrected chi connectivity index (χ3v) is 16.1. The van der Waals surface area contributed by atoms with Gasteiger partial charge in [0.25, 0.3) is 0 Å². The van der Waals surface area contributed by atoms with Gasteiger partial charge in [-0.15, -0.1) is 0 Å². The molecule has 0 bridgehead atoms. The van der Waals surface area contributed by atoms with Crippen LogP contribution in [0.2, 0.25) is 0 Å².